The summed E-state index contributed by atoms with van der Waals surface area (Å²) in [7, 11) is 0. The van der Waals surface area contributed by atoms with Crippen LogP contribution in [0.5, 0.6) is 0 Å². The van der Waals surface area contributed by atoms with E-state index in [0.29, 0.717) is 6.42 Å². The van der Waals surface area contributed by atoms with Crippen LogP contribution in [-0.2, 0) is 4.79 Å². The van der Waals surface area contributed by atoms with Gasteiger partial charge in [0.2, 0.25) is 0 Å². The first-order valence-corrected chi connectivity index (χ1v) is 9.01. The first-order chi connectivity index (χ1) is 11.2. The minimum absolute atomic E-state index is 0.145. The van der Waals surface area contributed by atoms with Crippen LogP contribution in [0.3, 0.4) is 0 Å². The molecule has 0 spiro atoms. The third kappa shape index (κ3) is 18.6. The summed E-state index contributed by atoms with van der Waals surface area (Å²) in [6.07, 6.45) is 22.9. The van der Waals surface area contributed by atoms with Crippen LogP contribution in [0.4, 0.5) is 0 Å². The summed E-state index contributed by atoms with van der Waals surface area (Å²) in [6, 6.07) is 0. The summed E-state index contributed by atoms with van der Waals surface area (Å²) in [6.45, 7) is 2.22. The first-order valence-electron chi connectivity index (χ1n) is 9.01. The van der Waals surface area contributed by atoms with Crippen LogP contribution in [0.2, 0.25) is 0 Å². The lowest BCUT2D eigenvalue weighted by molar-refractivity contribution is -0.139. The molecule has 3 heteroatoms. The van der Waals surface area contributed by atoms with Gasteiger partial charge in [-0.1, -0.05) is 62.6 Å². The number of unbranched alkanes of at least 4 members (excludes halogenated alkanes) is 5. The second kappa shape index (κ2) is 17.0. The molecule has 0 aromatic heterocycles. The average molecular weight is 322 g/mol. The van der Waals surface area contributed by atoms with Gasteiger partial charge < -0.3 is 10.2 Å². The maximum atomic E-state index is 10.4. The van der Waals surface area contributed by atoms with Crippen molar-refractivity contribution in [3.05, 3.63) is 36.5 Å². The molecule has 0 aliphatic heterocycles. The number of carbonyl (C=O) groups is 1. The zero-order valence-electron chi connectivity index (χ0n) is 14.6. The third-order valence-corrected chi connectivity index (χ3v) is 3.59. The zero-order valence-corrected chi connectivity index (χ0v) is 14.6. The molecule has 0 bridgehead atoms. The lowest BCUT2D eigenvalue weighted by atomic mass is 10.1. The molecule has 0 saturated heterocycles. The minimum Gasteiger partial charge on any atom is -0.481 e. The monoisotopic (exact) mass is 322 g/mol. The minimum atomic E-state index is -0.931. The van der Waals surface area contributed by atoms with Gasteiger partial charge in [0.05, 0.1) is 12.5 Å². The van der Waals surface area contributed by atoms with Crippen molar-refractivity contribution in [1.82, 2.24) is 0 Å². The lowest BCUT2D eigenvalue weighted by Crippen LogP contribution is -2.12. The van der Waals surface area contributed by atoms with Gasteiger partial charge in [-0.25, -0.2) is 0 Å². The third-order valence-electron chi connectivity index (χ3n) is 3.59. The maximum absolute atomic E-state index is 10.4. The van der Waals surface area contributed by atoms with Crippen molar-refractivity contribution >= 4 is 5.97 Å². The van der Waals surface area contributed by atoms with E-state index in [4.69, 9.17) is 5.11 Å². The number of allylic oxidation sites excluding steroid dienone is 6. The standard InChI is InChI=1S/C20H34O3/c1-2-3-4-5-6-7-8-9-10-11-12-13-14-15-16-17-19(21)18-20(22)23/h6-7,9-10,12-13,19,21H,2-5,8,11,14-18H2,1H3,(H,22,23)/b7-6-,10-9-,13-12-/t19-/m0/s1. The van der Waals surface area contributed by atoms with Gasteiger partial charge >= 0.3 is 5.97 Å². The quantitative estimate of drug-likeness (QED) is 0.313. The fourth-order valence-electron chi connectivity index (χ4n) is 2.24. The molecule has 0 saturated carbocycles. The van der Waals surface area contributed by atoms with Gasteiger partial charge in [-0.05, 0) is 44.9 Å². The van der Waals surface area contributed by atoms with E-state index in [1.165, 1.54) is 25.7 Å². The van der Waals surface area contributed by atoms with Gasteiger partial charge in [-0.15, -0.1) is 0 Å². The predicted octanol–water partition coefficient (Wildman–Crippen LogP) is 5.41. The van der Waals surface area contributed by atoms with Crippen molar-refractivity contribution in [3.8, 4) is 0 Å². The molecule has 0 aromatic carbocycles. The van der Waals surface area contributed by atoms with Crippen LogP contribution >= 0.6 is 0 Å². The molecule has 0 radical (unpaired) electrons. The Morgan fingerprint density at radius 2 is 1.39 bits per heavy atom. The summed E-state index contributed by atoms with van der Waals surface area (Å²) in [5, 5.41) is 17.9. The normalized spacial score (nSPS) is 13.5. The first kappa shape index (κ1) is 21.6. The molecule has 2 N–H and O–H groups in total. The Morgan fingerprint density at radius 3 is 1.91 bits per heavy atom. The van der Waals surface area contributed by atoms with Crippen molar-refractivity contribution < 1.29 is 15.0 Å². The summed E-state index contributed by atoms with van der Waals surface area (Å²) < 4.78 is 0. The Balaban J connectivity index is 3.40. The van der Waals surface area contributed by atoms with E-state index in [1.807, 2.05) is 0 Å². The summed E-state index contributed by atoms with van der Waals surface area (Å²) >= 11 is 0. The molecular formula is C20H34O3. The second-order valence-electron chi connectivity index (χ2n) is 5.92. The van der Waals surface area contributed by atoms with Gasteiger partial charge in [-0.2, -0.15) is 0 Å². The maximum Gasteiger partial charge on any atom is 0.305 e. The molecule has 0 amide bonds. The van der Waals surface area contributed by atoms with Crippen molar-refractivity contribution in [2.24, 2.45) is 0 Å². The van der Waals surface area contributed by atoms with E-state index < -0.39 is 12.1 Å². The molecule has 23 heavy (non-hydrogen) atoms. The topological polar surface area (TPSA) is 57.5 Å². The van der Waals surface area contributed by atoms with Gasteiger partial charge in [0.1, 0.15) is 0 Å². The number of carboxylic acids is 1. The van der Waals surface area contributed by atoms with E-state index in [1.54, 1.807) is 0 Å². The molecule has 0 rings (SSSR count). The van der Waals surface area contributed by atoms with Crippen LogP contribution in [-0.4, -0.2) is 22.3 Å². The fraction of sp³-hybridized carbons (Fsp3) is 0.650. The lowest BCUT2D eigenvalue weighted by Gasteiger charge is -2.05. The molecule has 132 valence electrons. The summed E-state index contributed by atoms with van der Waals surface area (Å²) in [5.74, 6) is -0.931. The van der Waals surface area contributed by atoms with Gasteiger partial charge in [0.15, 0.2) is 0 Å². The van der Waals surface area contributed by atoms with E-state index in [0.717, 1.165) is 32.1 Å². The molecule has 0 fully saturated rings. The number of hydrogen-bond acceptors (Lipinski definition) is 2. The van der Waals surface area contributed by atoms with E-state index in [2.05, 4.69) is 43.4 Å². The number of aliphatic carboxylic acids is 1. The number of rotatable bonds is 15. The Labute approximate surface area is 141 Å². The number of aliphatic hydroxyl groups excluding tert-OH is 1. The van der Waals surface area contributed by atoms with Crippen LogP contribution in [0.25, 0.3) is 0 Å². The Morgan fingerprint density at radius 1 is 0.870 bits per heavy atom. The number of aliphatic hydroxyl groups is 1. The van der Waals surface area contributed by atoms with E-state index in [9.17, 15) is 9.90 Å². The Kier molecular flexibility index (Phi) is 16.0. The van der Waals surface area contributed by atoms with E-state index in [-0.39, 0.29) is 6.42 Å². The SMILES string of the molecule is CCCCC/C=C\C/C=C\C/C=C\CCCC[C@H](O)CC(=O)O. The largest absolute Gasteiger partial charge is 0.481 e. The highest BCUT2D eigenvalue weighted by molar-refractivity contribution is 5.67. The smallest absolute Gasteiger partial charge is 0.305 e. The van der Waals surface area contributed by atoms with Crippen molar-refractivity contribution in [2.75, 3.05) is 0 Å². The Bertz CT molecular complexity index is 356. The molecule has 3 nitrogen and oxygen atoms in total. The van der Waals surface area contributed by atoms with Crippen molar-refractivity contribution in [1.29, 1.82) is 0 Å². The molecule has 0 heterocycles. The molecular weight excluding hydrogens is 288 g/mol. The molecule has 0 aliphatic rings. The van der Waals surface area contributed by atoms with Gasteiger partial charge in [-0.3, -0.25) is 4.79 Å². The summed E-state index contributed by atoms with van der Waals surface area (Å²) in [5.41, 5.74) is 0. The zero-order chi connectivity index (χ0) is 17.2. The Hall–Kier alpha value is -1.35. The van der Waals surface area contributed by atoms with Crippen LogP contribution < -0.4 is 0 Å². The number of carboxylic acid groups (broad SMARTS) is 1. The molecule has 0 unspecified atom stereocenters. The van der Waals surface area contributed by atoms with Gasteiger partial charge in [0.25, 0.3) is 0 Å². The van der Waals surface area contributed by atoms with Crippen LogP contribution in [0.15, 0.2) is 36.5 Å². The highest BCUT2D eigenvalue weighted by Crippen LogP contribution is 2.07. The van der Waals surface area contributed by atoms with Gasteiger partial charge in [0, 0.05) is 0 Å². The van der Waals surface area contributed by atoms with E-state index >= 15 is 0 Å². The molecule has 0 aliphatic carbocycles. The van der Waals surface area contributed by atoms with Crippen LogP contribution in [0, 0.1) is 0 Å². The number of hydrogen-bond donors (Lipinski definition) is 2. The molecule has 0 aromatic rings. The van der Waals surface area contributed by atoms with Crippen molar-refractivity contribution in [3.63, 3.8) is 0 Å². The van der Waals surface area contributed by atoms with Crippen molar-refractivity contribution in [2.45, 2.75) is 83.7 Å². The highest BCUT2D eigenvalue weighted by atomic mass is 16.4. The highest BCUT2D eigenvalue weighted by Gasteiger charge is 2.07. The van der Waals surface area contributed by atoms with Crippen LogP contribution in [0.1, 0.15) is 77.6 Å². The second-order valence-corrected chi connectivity index (χ2v) is 5.92. The fourth-order valence-corrected chi connectivity index (χ4v) is 2.24. The molecule has 1 atom stereocenters. The summed E-state index contributed by atoms with van der Waals surface area (Å²) in [4.78, 5) is 10.4. The predicted molar refractivity (Wildman–Crippen MR) is 97.5 cm³/mol. The average Bonchev–Trinajstić information content (AvgIpc) is 2.50.